The number of carbonyl (C=O) groups excluding carboxylic acids is 2. The van der Waals surface area contributed by atoms with Crippen LogP contribution in [-0.4, -0.2) is 25.7 Å². The van der Waals surface area contributed by atoms with Gasteiger partial charge in [0.25, 0.3) is 0 Å². The molecule has 0 radical (unpaired) electrons. The SMILES string of the molecule is CCCOC(=O)C(CC)(CC)C(=O)OC. The summed E-state index contributed by atoms with van der Waals surface area (Å²) in [6, 6.07) is 0. The molecule has 0 aromatic heterocycles. The molecule has 0 amide bonds. The lowest BCUT2D eigenvalue weighted by molar-refractivity contribution is -0.171. The first-order valence-corrected chi connectivity index (χ1v) is 5.34. The van der Waals surface area contributed by atoms with Crippen molar-refractivity contribution in [2.24, 2.45) is 5.41 Å². The van der Waals surface area contributed by atoms with Crippen LogP contribution < -0.4 is 0 Å². The minimum atomic E-state index is -1.12. The molecule has 0 saturated heterocycles. The van der Waals surface area contributed by atoms with Crippen LogP contribution in [0.15, 0.2) is 0 Å². The Morgan fingerprint density at radius 2 is 1.60 bits per heavy atom. The molecule has 0 aliphatic rings. The molecule has 0 aliphatic carbocycles. The van der Waals surface area contributed by atoms with Crippen molar-refractivity contribution < 1.29 is 19.1 Å². The van der Waals surface area contributed by atoms with Gasteiger partial charge >= 0.3 is 11.9 Å². The molecule has 0 bridgehead atoms. The van der Waals surface area contributed by atoms with Crippen molar-refractivity contribution in [2.75, 3.05) is 13.7 Å². The van der Waals surface area contributed by atoms with Crippen LogP contribution in [0.1, 0.15) is 40.0 Å². The quantitative estimate of drug-likeness (QED) is 0.503. The van der Waals surface area contributed by atoms with Crippen molar-refractivity contribution in [3.8, 4) is 0 Å². The van der Waals surface area contributed by atoms with E-state index >= 15 is 0 Å². The number of ether oxygens (including phenoxy) is 2. The molecule has 0 aromatic carbocycles. The summed E-state index contributed by atoms with van der Waals surface area (Å²) < 4.78 is 9.68. The Labute approximate surface area is 90.9 Å². The van der Waals surface area contributed by atoms with E-state index in [0.29, 0.717) is 19.4 Å². The number of rotatable bonds is 6. The minimum absolute atomic E-state index is 0.345. The fraction of sp³-hybridized carbons (Fsp3) is 0.818. The van der Waals surface area contributed by atoms with Crippen LogP contribution in [0.3, 0.4) is 0 Å². The molecule has 0 fully saturated rings. The summed E-state index contributed by atoms with van der Waals surface area (Å²) in [4.78, 5) is 23.3. The van der Waals surface area contributed by atoms with Gasteiger partial charge in [-0.05, 0) is 19.3 Å². The Balaban J connectivity index is 4.76. The fourth-order valence-electron chi connectivity index (χ4n) is 1.44. The van der Waals surface area contributed by atoms with Gasteiger partial charge in [-0.15, -0.1) is 0 Å². The van der Waals surface area contributed by atoms with Crippen LogP contribution >= 0.6 is 0 Å². The lowest BCUT2D eigenvalue weighted by atomic mass is 9.82. The highest BCUT2D eigenvalue weighted by molar-refractivity contribution is 5.99. The molecule has 88 valence electrons. The topological polar surface area (TPSA) is 52.6 Å². The molecule has 4 heteroatoms. The van der Waals surface area contributed by atoms with E-state index in [1.54, 1.807) is 13.8 Å². The van der Waals surface area contributed by atoms with Gasteiger partial charge in [0.15, 0.2) is 5.41 Å². The molecule has 0 N–H and O–H groups in total. The van der Waals surface area contributed by atoms with Crippen molar-refractivity contribution in [1.29, 1.82) is 0 Å². The first kappa shape index (κ1) is 13.9. The van der Waals surface area contributed by atoms with Gasteiger partial charge < -0.3 is 9.47 Å². The van der Waals surface area contributed by atoms with Crippen molar-refractivity contribution in [3.05, 3.63) is 0 Å². The number of carbonyl (C=O) groups is 2. The zero-order valence-corrected chi connectivity index (χ0v) is 9.96. The van der Waals surface area contributed by atoms with Crippen molar-refractivity contribution in [2.45, 2.75) is 40.0 Å². The fourth-order valence-corrected chi connectivity index (χ4v) is 1.44. The van der Waals surface area contributed by atoms with E-state index in [4.69, 9.17) is 4.74 Å². The molecule has 0 atom stereocenters. The van der Waals surface area contributed by atoms with E-state index in [1.165, 1.54) is 7.11 Å². The molecule has 0 heterocycles. The van der Waals surface area contributed by atoms with Crippen LogP contribution in [0, 0.1) is 5.41 Å². The zero-order valence-electron chi connectivity index (χ0n) is 9.96. The molecule has 0 unspecified atom stereocenters. The van der Waals surface area contributed by atoms with E-state index in [-0.39, 0.29) is 0 Å². The highest BCUT2D eigenvalue weighted by atomic mass is 16.6. The van der Waals surface area contributed by atoms with Gasteiger partial charge in [0, 0.05) is 0 Å². The Bertz CT molecular complexity index is 219. The highest BCUT2D eigenvalue weighted by Crippen LogP contribution is 2.29. The molecule has 4 nitrogen and oxygen atoms in total. The third kappa shape index (κ3) is 2.94. The van der Waals surface area contributed by atoms with Crippen molar-refractivity contribution in [1.82, 2.24) is 0 Å². The number of esters is 2. The van der Waals surface area contributed by atoms with Gasteiger partial charge in [-0.25, -0.2) is 0 Å². The Morgan fingerprint density at radius 3 is 1.93 bits per heavy atom. The highest BCUT2D eigenvalue weighted by Gasteiger charge is 2.45. The summed E-state index contributed by atoms with van der Waals surface area (Å²) in [5.41, 5.74) is -1.12. The second kappa shape index (κ2) is 6.43. The third-order valence-electron chi connectivity index (χ3n) is 2.61. The molecular weight excluding hydrogens is 196 g/mol. The average Bonchev–Trinajstić information content (AvgIpc) is 2.28. The Morgan fingerprint density at radius 1 is 1.07 bits per heavy atom. The van der Waals surface area contributed by atoms with Crippen LogP contribution in [0.2, 0.25) is 0 Å². The molecule has 0 rings (SSSR count). The predicted octanol–water partition coefficient (Wildman–Crippen LogP) is 1.92. The average molecular weight is 216 g/mol. The minimum Gasteiger partial charge on any atom is -0.468 e. The van der Waals surface area contributed by atoms with Crippen LogP contribution in [-0.2, 0) is 19.1 Å². The molecular formula is C11H20O4. The van der Waals surface area contributed by atoms with Crippen LogP contribution in [0.4, 0.5) is 0 Å². The second-order valence-electron chi connectivity index (χ2n) is 3.42. The molecule has 15 heavy (non-hydrogen) atoms. The Hall–Kier alpha value is -1.06. The van der Waals surface area contributed by atoms with E-state index in [1.807, 2.05) is 6.92 Å². The van der Waals surface area contributed by atoms with Gasteiger partial charge in [0.2, 0.25) is 0 Å². The first-order valence-electron chi connectivity index (χ1n) is 5.34. The second-order valence-corrected chi connectivity index (χ2v) is 3.42. The maximum absolute atomic E-state index is 11.8. The van der Waals surface area contributed by atoms with Gasteiger partial charge in [-0.1, -0.05) is 20.8 Å². The standard InChI is InChI=1S/C11H20O4/c1-5-8-15-10(13)11(6-2,7-3)9(12)14-4/h5-8H2,1-4H3. The molecule has 0 spiro atoms. The van der Waals surface area contributed by atoms with Crippen molar-refractivity contribution >= 4 is 11.9 Å². The van der Waals surface area contributed by atoms with Crippen LogP contribution in [0.25, 0.3) is 0 Å². The normalized spacial score (nSPS) is 10.9. The zero-order chi connectivity index (χ0) is 11.9. The van der Waals surface area contributed by atoms with Gasteiger partial charge in [-0.3, -0.25) is 9.59 Å². The first-order chi connectivity index (χ1) is 7.08. The monoisotopic (exact) mass is 216 g/mol. The smallest absolute Gasteiger partial charge is 0.323 e. The third-order valence-corrected chi connectivity index (χ3v) is 2.61. The molecule has 0 saturated carbocycles. The summed E-state index contributed by atoms with van der Waals surface area (Å²) in [5, 5.41) is 0. The summed E-state index contributed by atoms with van der Waals surface area (Å²) in [7, 11) is 1.29. The predicted molar refractivity (Wildman–Crippen MR) is 56.3 cm³/mol. The van der Waals surface area contributed by atoms with Gasteiger partial charge in [-0.2, -0.15) is 0 Å². The number of hydrogen-bond acceptors (Lipinski definition) is 4. The lowest BCUT2D eigenvalue weighted by Gasteiger charge is -2.25. The van der Waals surface area contributed by atoms with E-state index < -0.39 is 17.4 Å². The summed E-state index contributed by atoms with van der Waals surface area (Å²) >= 11 is 0. The van der Waals surface area contributed by atoms with Gasteiger partial charge in [0.1, 0.15) is 0 Å². The maximum Gasteiger partial charge on any atom is 0.323 e. The largest absolute Gasteiger partial charge is 0.468 e. The summed E-state index contributed by atoms with van der Waals surface area (Å²) in [6.07, 6.45) is 1.55. The van der Waals surface area contributed by atoms with Crippen molar-refractivity contribution in [3.63, 3.8) is 0 Å². The molecule has 0 aromatic rings. The lowest BCUT2D eigenvalue weighted by Crippen LogP contribution is -2.40. The number of hydrogen-bond donors (Lipinski definition) is 0. The number of methoxy groups -OCH3 is 1. The summed E-state index contributed by atoms with van der Waals surface area (Å²) in [6.45, 7) is 5.82. The maximum atomic E-state index is 11.8. The van der Waals surface area contributed by atoms with E-state index in [2.05, 4.69) is 4.74 Å². The van der Waals surface area contributed by atoms with Gasteiger partial charge in [0.05, 0.1) is 13.7 Å². The van der Waals surface area contributed by atoms with Crippen LogP contribution in [0.5, 0.6) is 0 Å². The molecule has 0 aliphatic heterocycles. The van der Waals surface area contributed by atoms with E-state index in [0.717, 1.165) is 6.42 Å². The summed E-state index contributed by atoms with van der Waals surface area (Å²) in [5.74, 6) is -0.977. The van der Waals surface area contributed by atoms with E-state index in [9.17, 15) is 9.59 Å². The Kier molecular flexibility index (Phi) is 5.97.